The summed E-state index contributed by atoms with van der Waals surface area (Å²) in [5, 5.41) is 11.4. The Morgan fingerprint density at radius 1 is 1.14 bits per heavy atom. The Hall–Kier alpha value is -2.93. The van der Waals surface area contributed by atoms with E-state index in [1.165, 1.54) is 12.1 Å². The van der Waals surface area contributed by atoms with Gasteiger partial charge >= 0.3 is 0 Å². The number of hydrogen-bond acceptors (Lipinski definition) is 2. The molecule has 1 amide bonds. The second-order valence-corrected chi connectivity index (χ2v) is 4.44. The van der Waals surface area contributed by atoms with Gasteiger partial charge in [-0.25, -0.2) is 4.39 Å². The molecular weight excluding hydrogens is 267 g/mol. The molecule has 2 aromatic carbocycles. The number of halogens is 1. The standard InChI is InChI=1S/C16H9FN2O.CH4/c17-12-5-6-15-13(8-12)14(16(20)19-15)7-10-1-3-11(9-18)4-2-10;/h1-8H,(H,19,20);1H4/b14-7-;. The van der Waals surface area contributed by atoms with Crippen molar-refractivity contribution in [1.82, 2.24) is 0 Å². The van der Waals surface area contributed by atoms with Crippen molar-refractivity contribution < 1.29 is 9.18 Å². The van der Waals surface area contributed by atoms with E-state index in [0.717, 1.165) is 5.56 Å². The van der Waals surface area contributed by atoms with Crippen molar-refractivity contribution in [3.63, 3.8) is 0 Å². The SMILES string of the molecule is C.N#Cc1ccc(/C=C2\C(=O)Nc3ccc(F)cc32)cc1. The highest BCUT2D eigenvalue weighted by molar-refractivity contribution is 6.34. The lowest BCUT2D eigenvalue weighted by atomic mass is 10.0. The van der Waals surface area contributed by atoms with Gasteiger partial charge in [0.05, 0.1) is 11.6 Å². The van der Waals surface area contributed by atoms with Gasteiger partial charge in [-0.3, -0.25) is 4.79 Å². The zero-order valence-electron chi connectivity index (χ0n) is 10.4. The second kappa shape index (κ2) is 5.59. The number of anilines is 1. The summed E-state index contributed by atoms with van der Waals surface area (Å²) in [4.78, 5) is 11.9. The van der Waals surface area contributed by atoms with E-state index in [1.54, 1.807) is 36.4 Å². The second-order valence-electron chi connectivity index (χ2n) is 4.44. The maximum Gasteiger partial charge on any atom is 0.256 e. The van der Waals surface area contributed by atoms with Crippen LogP contribution in [0.2, 0.25) is 0 Å². The highest BCUT2D eigenvalue weighted by Crippen LogP contribution is 2.33. The van der Waals surface area contributed by atoms with Gasteiger partial charge in [0.25, 0.3) is 5.91 Å². The van der Waals surface area contributed by atoms with Crippen molar-refractivity contribution in [3.8, 4) is 6.07 Å². The molecule has 1 aliphatic heterocycles. The number of carbonyl (C=O) groups excluding carboxylic acids is 1. The number of nitrogens with zero attached hydrogens (tertiary/aromatic N) is 1. The van der Waals surface area contributed by atoms with Crippen LogP contribution in [0.3, 0.4) is 0 Å². The quantitative estimate of drug-likeness (QED) is 0.807. The lowest BCUT2D eigenvalue weighted by Gasteiger charge is -1.99. The van der Waals surface area contributed by atoms with Gasteiger partial charge in [-0.1, -0.05) is 19.6 Å². The van der Waals surface area contributed by atoms with E-state index in [0.29, 0.717) is 22.4 Å². The van der Waals surface area contributed by atoms with Crippen molar-refractivity contribution in [2.24, 2.45) is 0 Å². The first kappa shape index (κ1) is 14.5. The third-order valence-electron chi connectivity index (χ3n) is 3.12. The molecule has 21 heavy (non-hydrogen) atoms. The van der Waals surface area contributed by atoms with Gasteiger partial charge in [-0.2, -0.15) is 5.26 Å². The molecule has 104 valence electrons. The highest BCUT2D eigenvalue weighted by Gasteiger charge is 2.24. The molecule has 0 atom stereocenters. The molecule has 1 heterocycles. The Bertz CT molecular complexity index is 770. The van der Waals surface area contributed by atoms with Gasteiger partial charge in [0.1, 0.15) is 5.82 Å². The minimum atomic E-state index is -0.383. The van der Waals surface area contributed by atoms with Gasteiger partial charge in [-0.15, -0.1) is 0 Å². The average molecular weight is 280 g/mol. The molecule has 0 unspecified atom stereocenters. The summed E-state index contributed by atoms with van der Waals surface area (Å²) >= 11 is 0. The fourth-order valence-electron chi connectivity index (χ4n) is 2.12. The lowest BCUT2D eigenvalue weighted by Crippen LogP contribution is -2.03. The molecule has 0 saturated heterocycles. The molecule has 0 radical (unpaired) electrons. The number of benzene rings is 2. The summed E-state index contributed by atoms with van der Waals surface area (Å²) in [7, 11) is 0. The van der Waals surface area contributed by atoms with Crippen molar-refractivity contribution in [2.45, 2.75) is 7.43 Å². The minimum Gasteiger partial charge on any atom is -0.321 e. The van der Waals surface area contributed by atoms with Crippen molar-refractivity contribution >= 4 is 23.2 Å². The van der Waals surface area contributed by atoms with E-state index >= 15 is 0 Å². The molecular formula is C17H13FN2O. The van der Waals surface area contributed by atoms with Crippen LogP contribution in [-0.2, 0) is 4.79 Å². The Morgan fingerprint density at radius 2 is 1.86 bits per heavy atom. The fourth-order valence-corrected chi connectivity index (χ4v) is 2.12. The molecule has 0 bridgehead atoms. The summed E-state index contributed by atoms with van der Waals surface area (Å²) in [5.41, 5.74) is 2.92. The maximum absolute atomic E-state index is 13.3. The van der Waals surface area contributed by atoms with Crippen LogP contribution in [0, 0.1) is 17.1 Å². The molecule has 3 rings (SSSR count). The zero-order valence-corrected chi connectivity index (χ0v) is 10.4. The van der Waals surface area contributed by atoms with E-state index in [1.807, 2.05) is 6.07 Å². The molecule has 0 saturated carbocycles. The number of carbonyl (C=O) groups is 1. The molecule has 3 nitrogen and oxygen atoms in total. The lowest BCUT2D eigenvalue weighted by molar-refractivity contribution is -0.110. The summed E-state index contributed by atoms with van der Waals surface area (Å²) in [5.74, 6) is -0.638. The Labute approximate surface area is 122 Å². The summed E-state index contributed by atoms with van der Waals surface area (Å²) in [6, 6.07) is 13.1. The van der Waals surface area contributed by atoms with Crippen LogP contribution >= 0.6 is 0 Å². The largest absolute Gasteiger partial charge is 0.321 e. The Kier molecular flexibility index (Phi) is 3.86. The Balaban J connectivity index is 0.00000161. The molecule has 0 aliphatic carbocycles. The first-order chi connectivity index (χ1) is 9.67. The molecule has 2 aromatic rings. The van der Waals surface area contributed by atoms with Crippen LogP contribution in [0.15, 0.2) is 42.5 Å². The molecule has 1 N–H and O–H groups in total. The first-order valence-corrected chi connectivity index (χ1v) is 6.00. The van der Waals surface area contributed by atoms with Crippen molar-refractivity contribution in [1.29, 1.82) is 5.26 Å². The van der Waals surface area contributed by atoms with E-state index in [4.69, 9.17) is 5.26 Å². The van der Waals surface area contributed by atoms with Gasteiger partial charge in [0.15, 0.2) is 0 Å². The van der Waals surface area contributed by atoms with Crippen molar-refractivity contribution in [2.75, 3.05) is 5.32 Å². The number of nitrogens with one attached hydrogen (secondary N) is 1. The predicted molar refractivity (Wildman–Crippen MR) is 80.8 cm³/mol. The topological polar surface area (TPSA) is 52.9 Å². The monoisotopic (exact) mass is 280 g/mol. The summed E-state index contributed by atoms with van der Waals surface area (Å²) < 4.78 is 13.3. The third-order valence-corrected chi connectivity index (χ3v) is 3.12. The zero-order chi connectivity index (χ0) is 14.1. The van der Waals surface area contributed by atoms with Crippen LogP contribution in [0.5, 0.6) is 0 Å². The van der Waals surface area contributed by atoms with E-state index in [2.05, 4.69) is 5.32 Å². The van der Waals surface area contributed by atoms with Crippen LogP contribution in [0.1, 0.15) is 24.1 Å². The maximum atomic E-state index is 13.3. The number of rotatable bonds is 1. The number of nitriles is 1. The Morgan fingerprint density at radius 3 is 2.52 bits per heavy atom. The average Bonchev–Trinajstić information content (AvgIpc) is 2.76. The summed E-state index contributed by atoms with van der Waals surface area (Å²) in [6.45, 7) is 0. The van der Waals surface area contributed by atoms with Gasteiger partial charge in [-0.05, 0) is 42.0 Å². The number of fused-ring (bicyclic) bond motifs is 1. The van der Waals surface area contributed by atoms with Crippen LogP contribution in [0.25, 0.3) is 11.6 Å². The number of hydrogen-bond donors (Lipinski definition) is 1. The third kappa shape index (κ3) is 2.67. The van der Waals surface area contributed by atoms with E-state index in [-0.39, 0.29) is 19.2 Å². The van der Waals surface area contributed by atoms with Crippen LogP contribution in [-0.4, -0.2) is 5.91 Å². The van der Waals surface area contributed by atoms with Crippen molar-refractivity contribution in [3.05, 3.63) is 65.0 Å². The minimum absolute atomic E-state index is 0. The molecule has 1 aliphatic rings. The smallest absolute Gasteiger partial charge is 0.256 e. The van der Waals surface area contributed by atoms with E-state index < -0.39 is 0 Å². The van der Waals surface area contributed by atoms with E-state index in [9.17, 15) is 9.18 Å². The first-order valence-electron chi connectivity index (χ1n) is 6.00. The molecule has 0 aromatic heterocycles. The molecule has 0 fully saturated rings. The number of amides is 1. The highest BCUT2D eigenvalue weighted by atomic mass is 19.1. The normalized spacial score (nSPS) is 14.1. The van der Waals surface area contributed by atoms with Gasteiger partial charge < -0.3 is 5.32 Å². The summed E-state index contributed by atoms with van der Waals surface area (Å²) in [6.07, 6.45) is 1.68. The molecule has 4 heteroatoms. The fraction of sp³-hybridized carbons (Fsp3) is 0.0588. The van der Waals surface area contributed by atoms with Gasteiger partial charge in [0, 0.05) is 16.8 Å². The predicted octanol–water partition coefficient (Wildman–Crippen LogP) is 3.83. The molecule has 0 spiro atoms. The van der Waals surface area contributed by atoms with Gasteiger partial charge in [0.2, 0.25) is 0 Å². The van der Waals surface area contributed by atoms with Crippen LogP contribution in [0.4, 0.5) is 10.1 Å². The van der Waals surface area contributed by atoms with Crippen LogP contribution < -0.4 is 5.32 Å².